The van der Waals surface area contributed by atoms with E-state index in [0.29, 0.717) is 17.1 Å². The number of amides is 1. The number of rotatable bonds is 7. The molecule has 27 heavy (non-hydrogen) atoms. The molecule has 0 spiro atoms. The lowest BCUT2D eigenvalue weighted by Crippen LogP contribution is -2.15. The number of alkyl halides is 2. The molecule has 3 rings (SSSR count). The van der Waals surface area contributed by atoms with Crippen LogP contribution in [0.1, 0.15) is 36.0 Å². The number of carbonyl (C=O) groups excluding carboxylic acids is 1. The Balaban J connectivity index is 1.75. The highest BCUT2D eigenvalue weighted by Crippen LogP contribution is 2.33. The Labute approximate surface area is 156 Å². The topological polar surface area (TPSA) is 56.8 Å². The Morgan fingerprint density at radius 2 is 1.81 bits per heavy atom. The number of carbonyl (C=O) groups is 1. The van der Waals surface area contributed by atoms with Crippen molar-refractivity contribution in [2.24, 2.45) is 0 Å². The molecule has 0 saturated heterocycles. The van der Waals surface area contributed by atoms with Crippen molar-refractivity contribution in [3.63, 3.8) is 0 Å². The molecular weight excluding hydrogens is 356 g/mol. The van der Waals surface area contributed by atoms with Crippen LogP contribution in [0.25, 0.3) is 0 Å². The lowest BCUT2D eigenvalue weighted by molar-refractivity contribution is -0.0493. The fourth-order valence-electron chi connectivity index (χ4n) is 3.06. The fourth-order valence-corrected chi connectivity index (χ4v) is 3.06. The quantitative estimate of drug-likeness (QED) is 0.748. The highest BCUT2D eigenvalue weighted by Gasteiger charge is 2.20. The van der Waals surface area contributed by atoms with E-state index in [2.05, 4.69) is 10.1 Å². The normalized spacial score (nSPS) is 14.2. The van der Waals surface area contributed by atoms with Crippen LogP contribution in [0.5, 0.6) is 17.2 Å². The summed E-state index contributed by atoms with van der Waals surface area (Å²) in [5.74, 6) is 0.467. The van der Waals surface area contributed by atoms with Crippen molar-refractivity contribution in [1.29, 1.82) is 0 Å². The van der Waals surface area contributed by atoms with Crippen molar-refractivity contribution >= 4 is 11.6 Å². The zero-order valence-electron chi connectivity index (χ0n) is 14.9. The second-order valence-corrected chi connectivity index (χ2v) is 6.22. The minimum Gasteiger partial charge on any atom is -0.493 e. The smallest absolute Gasteiger partial charge is 0.387 e. The van der Waals surface area contributed by atoms with Gasteiger partial charge in [-0.2, -0.15) is 8.78 Å². The number of hydrogen-bond acceptors (Lipinski definition) is 4. The predicted octanol–water partition coefficient (Wildman–Crippen LogP) is 4.87. The molecule has 1 aliphatic carbocycles. The molecule has 1 N–H and O–H groups in total. The van der Waals surface area contributed by atoms with Crippen LogP contribution in [0, 0.1) is 0 Å². The Hall–Kier alpha value is -2.83. The first-order chi connectivity index (χ1) is 13.1. The highest BCUT2D eigenvalue weighted by atomic mass is 19.3. The largest absolute Gasteiger partial charge is 0.493 e. The molecule has 2 aromatic rings. The van der Waals surface area contributed by atoms with Crippen molar-refractivity contribution in [3.05, 3.63) is 48.0 Å². The number of benzene rings is 2. The van der Waals surface area contributed by atoms with Crippen LogP contribution in [-0.2, 0) is 0 Å². The maximum Gasteiger partial charge on any atom is 0.387 e. The van der Waals surface area contributed by atoms with Gasteiger partial charge in [-0.25, -0.2) is 0 Å². The summed E-state index contributed by atoms with van der Waals surface area (Å²) in [5, 5.41) is 2.58. The molecule has 0 unspecified atom stereocenters. The van der Waals surface area contributed by atoms with Gasteiger partial charge in [-0.3, -0.25) is 4.79 Å². The molecule has 1 fully saturated rings. The number of halogens is 2. The first-order valence-corrected chi connectivity index (χ1v) is 8.76. The molecule has 7 heteroatoms. The maximum absolute atomic E-state index is 12.5. The van der Waals surface area contributed by atoms with Crippen molar-refractivity contribution < 1.29 is 27.8 Å². The number of ether oxygens (including phenoxy) is 3. The van der Waals surface area contributed by atoms with Crippen LogP contribution < -0.4 is 19.5 Å². The van der Waals surface area contributed by atoms with Gasteiger partial charge in [-0.15, -0.1) is 0 Å². The molecule has 0 bridgehead atoms. The van der Waals surface area contributed by atoms with Gasteiger partial charge in [0.2, 0.25) is 0 Å². The minimum absolute atomic E-state index is 0.103. The van der Waals surface area contributed by atoms with E-state index in [1.807, 2.05) is 0 Å². The average molecular weight is 377 g/mol. The zero-order valence-corrected chi connectivity index (χ0v) is 14.9. The van der Waals surface area contributed by atoms with E-state index in [9.17, 15) is 13.6 Å². The highest BCUT2D eigenvalue weighted by molar-refractivity contribution is 6.05. The Morgan fingerprint density at radius 1 is 1.07 bits per heavy atom. The van der Waals surface area contributed by atoms with E-state index in [1.54, 1.807) is 30.3 Å². The summed E-state index contributed by atoms with van der Waals surface area (Å²) in [6, 6.07) is 10.9. The average Bonchev–Trinajstić information content (AvgIpc) is 3.16. The van der Waals surface area contributed by atoms with Crippen molar-refractivity contribution in [3.8, 4) is 17.2 Å². The number of nitrogens with one attached hydrogen (secondary N) is 1. The third kappa shape index (κ3) is 4.87. The van der Waals surface area contributed by atoms with Gasteiger partial charge >= 0.3 is 6.61 Å². The minimum atomic E-state index is -2.98. The standard InChI is InChI=1S/C20H21F2NO4/c1-25-18-12-13(10-11-17(18)26-14-6-2-3-7-14)19(24)23-15-8-4-5-9-16(15)27-20(21)22/h4-5,8-12,14,20H,2-3,6-7H2,1H3,(H,23,24). The first kappa shape index (κ1) is 18.9. The zero-order chi connectivity index (χ0) is 19.2. The van der Waals surface area contributed by atoms with Crippen LogP contribution in [0.2, 0.25) is 0 Å². The Kier molecular flexibility index (Phi) is 6.11. The summed E-state index contributed by atoms with van der Waals surface area (Å²) in [6.45, 7) is -2.98. The molecule has 144 valence electrons. The van der Waals surface area contributed by atoms with Gasteiger partial charge in [0.1, 0.15) is 5.75 Å². The van der Waals surface area contributed by atoms with E-state index in [0.717, 1.165) is 25.7 Å². The molecule has 0 aromatic heterocycles. The van der Waals surface area contributed by atoms with E-state index < -0.39 is 12.5 Å². The van der Waals surface area contributed by atoms with Gasteiger partial charge in [-0.1, -0.05) is 12.1 Å². The lowest BCUT2D eigenvalue weighted by Gasteiger charge is -2.17. The summed E-state index contributed by atoms with van der Waals surface area (Å²) in [7, 11) is 1.50. The molecule has 0 atom stereocenters. The van der Waals surface area contributed by atoms with Gasteiger partial charge in [0.25, 0.3) is 5.91 Å². The summed E-state index contributed by atoms with van der Waals surface area (Å²) in [5.41, 5.74) is 0.477. The van der Waals surface area contributed by atoms with Crippen molar-refractivity contribution in [2.75, 3.05) is 12.4 Å². The fraction of sp³-hybridized carbons (Fsp3) is 0.350. The van der Waals surface area contributed by atoms with Gasteiger partial charge in [0.15, 0.2) is 11.5 Å². The molecule has 2 aromatic carbocycles. The molecule has 0 aliphatic heterocycles. The Bertz CT molecular complexity index is 791. The second kappa shape index (κ2) is 8.70. The predicted molar refractivity (Wildman–Crippen MR) is 96.9 cm³/mol. The number of anilines is 1. The molecule has 1 amide bonds. The van der Waals surface area contributed by atoms with Gasteiger partial charge in [-0.05, 0) is 56.0 Å². The lowest BCUT2D eigenvalue weighted by atomic mass is 10.1. The molecule has 5 nitrogen and oxygen atoms in total. The Morgan fingerprint density at radius 3 is 2.52 bits per heavy atom. The third-order valence-corrected chi connectivity index (χ3v) is 4.37. The number of methoxy groups -OCH3 is 1. The molecule has 0 heterocycles. The first-order valence-electron chi connectivity index (χ1n) is 8.76. The molecule has 1 aliphatic rings. The van der Waals surface area contributed by atoms with Gasteiger partial charge in [0.05, 0.1) is 18.9 Å². The van der Waals surface area contributed by atoms with Gasteiger partial charge in [0, 0.05) is 5.56 Å². The number of hydrogen-bond donors (Lipinski definition) is 1. The second-order valence-electron chi connectivity index (χ2n) is 6.22. The molecule has 0 radical (unpaired) electrons. The maximum atomic E-state index is 12.5. The molecule has 1 saturated carbocycles. The van der Waals surface area contributed by atoms with Gasteiger partial charge < -0.3 is 19.5 Å². The summed E-state index contributed by atoms with van der Waals surface area (Å²) in [6.07, 6.45) is 4.47. The van der Waals surface area contributed by atoms with Crippen LogP contribution >= 0.6 is 0 Å². The number of para-hydroxylation sites is 2. The third-order valence-electron chi connectivity index (χ3n) is 4.37. The van der Waals surface area contributed by atoms with E-state index in [-0.39, 0.29) is 17.5 Å². The van der Waals surface area contributed by atoms with Crippen molar-refractivity contribution in [1.82, 2.24) is 0 Å². The van der Waals surface area contributed by atoms with Crippen LogP contribution in [-0.4, -0.2) is 25.7 Å². The monoisotopic (exact) mass is 377 g/mol. The summed E-state index contributed by atoms with van der Waals surface area (Å²) >= 11 is 0. The van der Waals surface area contributed by atoms with E-state index in [4.69, 9.17) is 9.47 Å². The van der Waals surface area contributed by atoms with Crippen LogP contribution in [0.15, 0.2) is 42.5 Å². The van der Waals surface area contributed by atoms with Crippen molar-refractivity contribution in [2.45, 2.75) is 38.4 Å². The van der Waals surface area contributed by atoms with E-state index in [1.165, 1.54) is 19.2 Å². The molecular formula is C20H21F2NO4. The van der Waals surface area contributed by atoms with E-state index >= 15 is 0 Å². The summed E-state index contributed by atoms with van der Waals surface area (Å²) in [4.78, 5) is 12.5. The van der Waals surface area contributed by atoms with Crippen LogP contribution in [0.4, 0.5) is 14.5 Å². The van der Waals surface area contributed by atoms with Crippen LogP contribution in [0.3, 0.4) is 0 Å². The SMILES string of the molecule is COc1cc(C(=O)Nc2ccccc2OC(F)F)ccc1OC1CCCC1. The summed E-state index contributed by atoms with van der Waals surface area (Å²) < 4.78 is 40.7.